The van der Waals surface area contributed by atoms with Gasteiger partial charge >= 0.3 is 0 Å². The first kappa shape index (κ1) is 20.0. The third kappa shape index (κ3) is 5.14. The highest BCUT2D eigenvalue weighted by Gasteiger charge is 2.21. The number of halogens is 1. The first-order valence-corrected chi connectivity index (χ1v) is 9.74. The molecule has 3 aromatic carbocycles. The minimum Gasteiger partial charge on any atom is -0.280 e. The van der Waals surface area contributed by atoms with Gasteiger partial charge in [-0.05, 0) is 42.0 Å². The van der Waals surface area contributed by atoms with E-state index < -0.39 is 26.5 Å². The second-order valence-corrected chi connectivity index (χ2v) is 7.51. The Morgan fingerprint density at radius 3 is 2.34 bits per heavy atom. The van der Waals surface area contributed by atoms with Crippen LogP contribution in [-0.2, 0) is 10.0 Å². The van der Waals surface area contributed by atoms with Crippen molar-refractivity contribution in [2.24, 2.45) is 5.10 Å². The molecule has 0 aromatic heterocycles. The Morgan fingerprint density at radius 2 is 1.69 bits per heavy atom. The summed E-state index contributed by atoms with van der Waals surface area (Å²) in [7, 11) is -4.01. The lowest BCUT2D eigenvalue weighted by Crippen LogP contribution is -2.13. The number of hydrazone groups is 1. The smallest absolute Gasteiger partial charge is 0.280 e. The van der Waals surface area contributed by atoms with E-state index in [1.165, 1.54) is 42.6 Å². The summed E-state index contributed by atoms with van der Waals surface area (Å²) in [6.45, 7) is 0. The van der Waals surface area contributed by atoms with Gasteiger partial charge in [0.2, 0.25) is 0 Å². The van der Waals surface area contributed by atoms with E-state index in [2.05, 4.69) is 15.2 Å². The number of sulfonamides is 1. The highest BCUT2D eigenvalue weighted by molar-refractivity contribution is 7.92. The fourth-order valence-corrected chi connectivity index (χ4v) is 3.45. The Hall–Kier alpha value is -3.79. The minimum absolute atomic E-state index is 0.00650. The molecular formula is C19H15FN4O4S. The highest BCUT2D eigenvalue weighted by Crippen LogP contribution is 2.28. The maximum Gasteiger partial charge on any atom is 0.295 e. The molecule has 0 fully saturated rings. The summed E-state index contributed by atoms with van der Waals surface area (Å²) in [6, 6.07) is 17.1. The number of hydrogen-bond donors (Lipinski definition) is 2. The summed E-state index contributed by atoms with van der Waals surface area (Å²) >= 11 is 0. The van der Waals surface area contributed by atoms with Gasteiger partial charge in [0.15, 0.2) is 0 Å². The van der Waals surface area contributed by atoms with Crippen LogP contribution in [0.4, 0.5) is 21.5 Å². The van der Waals surface area contributed by atoms with E-state index in [1.807, 2.05) is 0 Å². The zero-order valence-corrected chi connectivity index (χ0v) is 15.6. The van der Waals surface area contributed by atoms with Gasteiger partial charge in [-0.15, -0.1) is 0 Å². The third-order valence-electron chi connectivity index (χ3n) is 3.77. The maximum atomic E-state index is 12.9. The molecule has 0 amide bonds. The number of anilines is 2. The van der Waals surface area contributed by atoms with Gasteiger partial charge in [-0.1, -0.05) is 30.3 Å². The quantitative estimate of drug-likeness (QED) is 0.345. The van der Waals surface area contributed by atoms with Gasteiger partial charge < -0.3 is 0 Å². The van der Waals surface area contributed by atoms with Crippen molar-refractivity contribution in [1.82, 2.24) is 0 Å². The summed E-state index contributed by atoms with van der Waals surface area (Å²) in [5.74, 6) is -0.397. The van der Waals surface area contributed by atoms with Crippen molar-refractivity contribution < 1.29 is 17.7 Å². The Morgan fingerprint density at radius 1 is 1.00 bits per heavy atom. The van der Waals surface area contributed by atoms with Gasteiger partial charge in [0.05, 0.1) is 16.0 Å². The van der Waals surface area contributed by atoms with E-state index in [9.17, 15) is 22.9 Å². The van der Waals surface area contributed by atoms with E-state index in [0.717, 1.165) is 6.07 Å². The number of nitrogens with zero attached hydrogens (tertiary/aromatic N) is 2. The van der Waals surface area contributed by atoms with Crippen molar-refractivity contribution in [3.05, 3.63) is 94.3 Å². The van der Waals surface area contributed by atoms with E-state index in [1.54, 1.807) is 30.3 Å². The van der Waals surface area contributed by atoms with Crippen molar-refractivity contribution in [1.29, 1.82) is 0 Å². The molecule has 0 unspecified atom stereocenters. The van der Waals surface area contributed by atoms with Gasteiger partial charge in [0.1, 0.15) is 11.5 Å². The van der Waals surface area contributed by atoms with Crippen LogP contribution in [0.3, 0.4) is 0 Å². The largest absolute Gasteiger partial charge is 0.295 e. The van der Waals surface area contributed by atoms with Crippen LogP contribution >= 0.6 is 0 Å². The topological polar surface area (TPSA) is 114 Å². The molecule has 0 radical (unpaired) electrons. The fraction of sp³-hybridized carbons (Fsp3) is 0. The zero-order valence-electron chi connectivity index (χ0n) is 14.8. The SMILES string of the molecule is O=[N+]([O-])c1cc(S(=O)(=O)Nc2ccccc2)ccc1N/N=C/c1ccc(F)cc1. The Balaban J connectivity index is 1.83. The molecule has 0 saturated heterocycles. The summed E-state index contributed by atoms with van der Waals surface area (Å²) in [4.78, 5) is 10.4. The summed E-state index contributed by atoms with van der Waals surface area (Å²) < 4.78 is 40.3. The predicted molar refractivity (Wildman–Crippen MR) is 108 cm³/mol. The van der Waals surface area contributed by atoms with Crippen LogP contribution in [0, 0.1) is 15.9 Å². The lowest BCUT2D eigenvalue weighted by molar-refractivity contribution is -0.384. The summed E-state index contributed by atoms with van der Waals surface area (Å²) in [6.07, 6.45) is 1.35. The normalized spacial score (nSPS) is 11.3. The summed E-state index contributed by atoms with van der Waals surface area (Å²) in [5, 5.41) is 15.3. The van der Waals surface area contributed by atoms with Gasteiger partial charge in [0, 0.05) is 11.8 Å². The van der Waals surface area contributed by atoms with Crippen LogP contribution in [0.25, 0.3) is 0 Å². The van der Waals surface area contributed by atoms with Crippen LogP contribution in [0.5, 0.6) is 0 Å². The average molecular weight is 414 g/mol. The number of para-hydroxylation sites is 1. The van der Waals surface area contributed by atoms with Crippen LogP contribution < -0.4 is 10.1 Å². The zero-order chi connectivity index (χ0) is 20.9. The minimum atomic E-state index is -4.01. The second-order valence-electron chi connectivity index (χ2n) is 5.83. The van der Waals surface area contributed by atoms with E-state index in [0.29, 0.717) is 11.3 Å². The number of hydrogen-bond acceptors (Lipinski definition) is 6. The number of nitro benzene ring substituents is 1. The second kappa shape index (κ2) is 8.48. The van der Waals surface area contributed by atoms with Crippen LogP contribution in [-0.4, -0.2) is 19.6 Å². The van der Waals surface area contributed by atoms with Gasteiger partial charge in [-0.2, -0.15) is 5.10 Å². The molecule has 8 nitrogen and oxygen atoms in total. The van der Waals surface area contributed by atoms with E-state index in [4.69, 9.17) is 0 Å². The number of benzene rings is 3. The molecule has 0 atom stereocenters. The van der Waals surface area contributed by atoms with Crippen LogP contribution in [0.1, 0.15) is 5.56 Å². The number of nitrogens with one attached hydrogen (secondary N) is 2. The standard InChI is InChI=1S/C19H15FN4O4S/c20-15-8-6-14(7-9-15)13-21-22-18-11-10-17(12-19(18)24(25)26)29(27,28)23-16-4-2-1-3-5-16/h1-13,22-23H/b21-13+. The van der Waals surface area contributed by atoms with Crippen molar-refractivity contribution in [3.8, 4) is 0 Å². The first-order valence-electron chi connectivity index (χ1n) is 8.26. The van der Waals surface area contributed by atoms with E-state index >= 15 is 0 Å². The predicted octanol–water partition coefficient (Wildman–Crippen LogP) is 3.98. The maximum absolute atomic E-state index is 12.9. The van der Waals surface area contributed by atoms with Gasteiger partial charge in [-0.25, -0.2) is 12.8 Å². The molecule has 3 rings (SSSR count). The molecule has 0 aliphatic rings. The molecule has 0 spiro atoms. The highest BCUT2D eigenvalue weighted by atomic mass is 32.2. The molecular weight excluding hydrogens is 399 g/mol. The molecule has 10 heteroatoms. The fourth-order valence-electron chi connectivity index (χ4n) is 2.37. The van der Waals surface area contributed by atoms with Crippen LogP contribution in [0.15, 0.2) is 82.8 Å². The lowest BCUT2D eigenvalue weighted by Gasteiger charge is -2.09. The molecule has 0 bridgehead atoms. The van der Waals surface area contributed by atoms with Gasteiger partial charge in [0.25, 0.3) is 15.7 Å². The van der Waals surface area contributed by atoms with Crippen molar-refractivity contribution >= 4 is 33.3 Å². The molecule has 0 heterocycles. The molecule has 2 N–H and O–H groups in total. The first-order chi connectivity index (χ1) is 13.8. The Labute approximate surface area is 165 Å². The number of nitro groups is 1. The van der Waals surface area contributed by atoms with Crippen molar-refractivity contribution in [2.75, 3.05) is 10.1 Å². The molecule has 3 aromatic rings. The lowest BCUT2D eigenvalue weighted by atomic mass is 10.2. The molecule has 0 aliphatic heterocycles. The molecule has 0 saturated carbocycles. The van der Waals surface area contributed by atoms with Gasteiger partial charge in [-0.3, -0.25) is 20.3 Å². The monoisotopic (exact) mass is 414 g/mol. The van der Waals surface area contributed by atoms with E-state index in [-0.39, 0.29) is 10.6 Å². The Bertz CT molecular complexity index is 1150. The van der Waals surface area contributed by atoms with Crippen molar-refractivity contribution in [2.45, 2.75) is 4.90 Å². The molecule has 29 heavy (non-hydrogen) atoms. The molecule has 148 valence electrons. The summed E-state index contributed by atoms with van der Waals surface area (Å²) in [5.41, 5.74) is 2.96. The number of rotatable bonds is 7. The molecule has 0 aliphatic carbocycles. The Kier molecular flexibility index (Phi) is 5.84. The third-order valence-corrected chi connectivity index (χ3v) is 5.15. The van der Waals surface area contributed by atoms with Crippen molar-refractivity contribution in [3.63, 3.8) is 0 Å². The average Bonchev–Trinajstić information content (AvgIpc) is 2.70. The van der Waals surface area contributed by atoms with Crippen LogP contribution in [0.2, 0.25) is 0 Å².